The number of fused-ring (bicyclic) bond motifs is 1. The van der Waals surface area contributed by atoms with Crippen LogP contribution in [0, 0.1) is 0 Å². The van der Waals surface area contributed by atoms with E-state index in [2.05, 4.69) is 30.4 Å². The second-order valence-electron chi connectivity index (χ2n) is 5.25. The van der Waals surface area contributed by atoms with Crippen LogP contribution >= 0.6 is 0 Å². The average Bonchev–Trinajstić information content (AvgIpc) is 2.72. The van der Waals surface area contributed by atoms with Gasteiger partial charge in [-0.15, -0.1) is 0 Å². The maximum atomic E-state index is 11.4. The highest BCUT2D eigenvalue weighted by Crippen LogP contribution is 2.36. The molecule has 2 aliphatic rings. The molecule has 2 aliphatic heterocycles. The third kappa shape index (κ3) is 2.13. The van der Waals surface area contributed by atoms with Gasteiger partial charge in [0, 0.05) is 41.9 Å². The van der Waals surface area contributed by atoms with E-state index >= 15 is 0 Å². The van der Waals surface area contributed by atoms with Crippen molar-refractivity contribution in [3.8, 4) is 0 Å². The van der Waals surface area contributed by atoms with E-state index in [-0.39, 0.29) is 1.43 Å². The molecule has 0 aliphatic carbocycles. The van der Waals surface area contributed by atoms with Gasteiger partial charge in [0.2, 0.25) is 0 Å². The molecule has 0 spiro atoms. The second kappa shape index (κ2) is 4.45. The number of nitrogens with one attached hydrogen (secondary N) is 1. The van der Waals surface area contributed by atoms with Gasteiger partial charge in [0.25, 0.3) is 0 Å². The molecule has 0 radical (unpaired) electrons. The number of anilines is 1. The number of benzene rings is 1. The first-order chi connectivity index (χ1) is 8.24. The Balaban J connectivity index is 0.00000120. The molecule has 0 bridgehead atoms. The van der Waals surface area contributed by atoms with Gasteiger partial charge in [0.05, 0.1) is 0 Å². The van der Waals surface area contributed by atoms with Crippen LogP contribution in [0.2, 0.25) is 0 Å². The summed E-state index contributed by atoms with van der Waals surface area (Å²) in [6.07, 6.45) is 2.18. The lowest BCUT2D eigenvalue weighted by Gasteiger charge is -2.22. The first-order valence-electron chi connectivity index (χ1n) is 6.47. The first kappa shape index (κ1) is 11.3. The third-order valence-electron chi connectivity index (χ3n) is 4.06. The molecular formula is C14H21NOS. The van der Waals surface area contributed by atoms with Gasteiger partial charge in [-0.05, 0) is 36.0 Å². The molecule has 0 aromatic heterocycles. The van der Waals surface area contributed by atoms with Gasteiger partial charge >= 0.3 is 0 Å². The summed E-state index contributed by atoms with van der Waals surface area (Å²) in [5, 5.41) is 3.44. The van der Waals surface area contributed by atoms with Gasteiger partial charge in [-0.2, -0.15) is 0 Å². The second-order valence-corrected chi connectivity index (χ2v) is 6.95. The average molecular weight is 251 g/mol. The molecular weight excluding hydrogens is 230 g/mol. The lowest BCUT2D eigenvalue weighted by molar-refractivity contribution is 0.604. The molecule has 3 heteroatoms. The smallest absolute Gasteiger partial charge is 0.0376 e. The minimum atomic E-state index is -0.553. The molecule has 1 N–H and O–H groups in total. The van der Waals surface area contributed by atoms with Gasteiger partial charge in [-0.1, -0.05) is 19.1 Å². The lowest BCUT2D eigenvalue weighted by Crippen LogP contribution is -2.17. The molecule has 2 heterocycles. The van der Waals surface area contributed by atoms with E-state index in [1.165, 1.54) is 16.8 Å². The van der Waals surface area contributed by atoms with Crippen molar-refractivity contribution in [1.82, 2.24) is 0 Å². The predicted octanol–water partition coefficient (Wildman–Crippen LogP) is 3.09. The van der Waals surface area contributed by atoms with E-state index in [9.17, 15) is 4.21 Å². The molecule has 1 fully saturated rings. The Morgan fingerprint density at radius 1 is 1.35 bits per heavy atom. The Morgan fingerprint density at radius 2 is 2.12 bits per heavy atom. The molecule has 1 unspecified atom stereocenters. The van der Waals surface area contributed by atoms with E-state index in [1.54, 1.807) is 0 Å². The van der Waals surface area contributed by atoms with Crippen molar-refractivity contribution in [2.45, 2.75) is 31.6 Å². The topological polar surface area (TPSA) is 29.1 Å². The van der Waals surface area contributed by atoms with E-state index in [1.807, 2.05) is 0 Å². The van der Waals surface area contributed by atoms with E-state index in [0.29, 0.717) is 11.8 Å². The third-order valence-corrected chi connectivity index (χ3v) is 5.45. The zero-order valence-corrected chi connectivity index (χ0v) is 11.1. The summed E-state index contributed by atoms with van der Waals surface area (Å²) < 4.78 is 11.4. The normalized spacial score (nSPS) is 31.9. The molecule has 1 aromatic carbocycles. The maximum Gasteiger partial charge on any atom is 0.0376 e. The monoisotopic (exact) mass is 251 g/mol. The Hall–Kier alpha value is -0.830. The van der Waals surface area contributed by atoms with Crippen LogP contribution in [0.4, 0.5) is 5.69 Å². The van der Waals surface area contributed by atoms with Crippen LogP contribution in [0.3, 0.4) is 0 Å². The van der Waals surface area contributed by atoms with E-state index in [4.69, 9.17) is 0 Å². The zero-order valence-electron chi connectivity index (χ0n) is 10.2. The van der Waals surface area contributed by atoms with Gasteiger partial charge in [-0.25, -0.2) is 0 Å². The fourth-order valence-electron chi connectivity index (χ4n) is 2.90. The van der Waals surface area contributed by atoms with Crippen LogP contribution in [0.15, 0.2) is 18.2 Å². The fourth-order valence-corrected chi connectivity index (χ4v) is 4.20. The van der Waals surface area contributed by atoms with Crippen LogP contribution < -0.4 is 5.32 Å². The van der Waals surface area contributed by atoms with Gasteiger partial charge in [-0.3, -0.25) is 4.21 Å². The maximum absolute atomic E-state index is 11.4. The first-order valence-corrected chi connectivity index (χ1v) is 7.95. The Kier molecular flexibility index (Phi) is 2.95. The molecule has 0 amide bonds. The molecule has 1 atom stereocenters. The highest BCUT2D eigenvalue weighted by atomic mass is 32.2. The van der Waals surface area contributed by atoms with E-state index in [0.717, 1.165) is 30.9 Å². The van der Waals surface area contributed by atoms with Crippen molar-refractivity contribution in [3.05, 3.63) is 29.3 Å². The summed E-state index contributed by atoms with van der Waals surface area (Å²) in [5.74, 6) is 3.03. The van der Waals surface area contributed by atoms with Crippen molar-refractivity contribution >= 4 is 16.5 Å². The van der Waals surface area contributed by atoms with Crippen molar-refractivity contribution in [2.24, 2.45) is 0 Å². The molecule has 1 aromatic rings. The van der Waals surface area contributed by atoms with Crippen LogP contribution in [0.1, 0.15) is 44.2 Å². The fraction of sp³-hybridized carbons (Fsp3) is 0.571. The van der Waals surface area contributed by atoms with Crippen LogP contribution in [-0.2, 0) is 10.8 Å². The highest BCUT2D eigenvalue weighted by molar-refractivity contribution is 7.85. The van der Waals surface area contributed by atoms with Crippen molar-refractivity contribution in [1.29, 1.82) is 0 Å². The summed E-state index contributed by atoms with van der Waals surface area (Å²) in [6, 6.07) is 6.85. The summed E-state index contributed by atoms with van der Waals surface area (Å²) in [6.45, 7) is 3.34. The number of hydrogen-bond acceptors (Lipinski definition) is 2. The minimum absolute atomic E-state index is 0. The minimum Gasteiger partial charge on any atom is -0.384 e. The number of hydrogen-bond donors (Lipinski definition) is 1. The number of rotatable bonds is 1. The Morgan fingerprint density at radius 3 is 2.88 bits per heavy atom. The predicted molar refractivity (Wildman–Crippen MR) is 75.3 cm³/mol. The lowest BCUT2D eigenvalue weighted by atomic mass is 9.90. The van der Waals surface area contributed by atoms with Gasteiger partial charge < -0.3 is 5.32 Å². The summed E-state index contributed by atoms with van der Waals surface area (Å²) in [5.41, 5.74) is 4.23. The Labute approximate surface area is 107 Å². The quantitative estimate of drug-likeness (QED) is 0.831. The van der Waals surface area contributed by atoms with E-state index < -0.39 is 10.8 Å². The van der Waals surface area contributed by atoms with Gasteiger partial charge in [0.15, 0.2) is 0 Å². The van der Waals surface area contributed by atoms with Gasteiger partial charge in [0.1, 0.15) is 0 Å². The SMILES string of the molecule is CC1CNc2ccc(C3CCS(=O)CC3)cc21.[HH]. The largest absolute Gasteiger partial charge is 0.384 e. The van der Waals surface area contributed by atoms with Crippen molar-refractivity contribution in [2.75, 3.05) is 23.4 Å². The summed E-state index contributed by atoms with van der Waals surface area (Å²) in [7, 11) is -0.553. The van der Waals surface area contributed by atoms with Crippen LogP contribution in [-0.4, -0.2) is 22.3 Å². The molecule has 94 valence electrons. The van der Waals surface area contributed by atoms with Crippen LogP contribution in [0.5, 0.6) is 0 Å². The van der Waals surface area contributed by atoms with Crippen LogP contribution in [0.25, 0.3) is 0 Å². The van der Waals surface area contributed by atoms with Crippen molar-refractivity contribution in [3.63, 3.8) is 0 Å². The summed E-state index contributed by atoms with van der Waals surface area (Å²) >= 11 is 0. The molecule has 3 rings (SSSR count). The Bertz CT molecular complexity index is 453. The van der Waals surface area contributed by atoms with Crippen molar-refractivity contribution < 1.29 is 5.64 Å². The standard InChI is InChI=1S/C14H19NOS.H2/c1-10-9-15-14-3-2-12(8-13(10)14)11-4-6-17(16)7-5-11;/h2-3,8,10-11,15H,4-7,9H2,1H3;1H. The molecule has 1 saturated heterocycles. The highest BCUT2D eigenvalue weighted by Gasteiger charge is 2.23. The molecule has 0 saturated carbocycles. The zero-order chi connectivity index (χ0) is 11.8. The molecule has 2 nitrogen and oxygen atoms in total. The summed E-state index contributed by atoms with van der Waals surface area (Å²) in [4.78, 5) is 0. The molecule has 17 heavy (non-hydrogen) atoms.